The van der Waals surface area contributed by atoms with E-state index < -0.39 is 5.97 Å². The van der Waals surface area contributed by atoms with Gasteiger partial charge in [-0.05, 0) is 60.9 Å². The third-order valence-corrected chi connectivity index (χ3v) is 6.88. The van der Waals surface area contributed by atoms with Crippen molar-refractivity contribution in [3.63, 3.8) is 0 Å². The van der Waals surface area contributed by atoms with Gasteiger partial charge >= 0.3 is 5.97 Å². The summed E-state index contributed by atoms with van der Waals surface area (Å²) in [5.74, 6) is 1.24. The topological polar surface area (TPSA) is 61.5 Å². The van der Waals surface area contributed by atoms with Crippen molar-refractivity contribution < 1.29 is 14.3 Å². The zero-order chi connectivity index (χ0) is 21.1. The molecule has 1 fully saturated rings. The molecule has 0 radical (unpaired) electrons. The van der Waals surface area contributed by atoms with Crippen LogP contribution in [-0.2, 0) is 11.2 Å². The van der Waals surface area contributed by atoms with Crippen molar-refractivity contribution in [3.05, 3.63) is 64.2 Å². The van der Waals surface area contributed by atoms with E-state index in [1.54, 1.807) is 18.2 Å². The quantitative estimate of drug-likeness (QED) is 0.489. The molecule has 4 atom stereocenters. The van der Waals surface area contributed by atoms with Crippen molar-refractivity contribution in [2.24, 2.45) is 17.6 Å². The van der Waals surface area contributed by atoms with Gasteiger partial charge in [-0.2, -0.15) is 0 Å². The fourth-order valence-electron chi connectivity index (χ4n) is 5.13. The fourth-order valence-corrected chi connectivity index (χ4v) is 5.36. The van der Waals surface area contributed by atoms with E-state index in [1.165, 1.54) is 37.5 Å². The SMILES string of the molecule is COC(=O)c1ccc(OC2c3ccccc3CC2CC2CCCCC(N)C2)c(Cl)c1. The zero-order valence-corrected chi connectivity index (χ0v) is 18.2. The predicted octanol–water partition coefficient (Wildman–Crippen LogP) is 5.72. The van der Waals surface area contributed by atoms with Crippen LogP contribution in [0.3, 0.4) is 0 Å². The second kappa shape index (κ2) is 9.40. The molecule has 4 unspecified atom stereocenters. The zero-order valence-electron chi connectivity index (χ0n) is 17.5. The number of methoxy groups -OCH3 is 1. The summed E-state index contributed by atoms with van der Waals surface area (Å²) in [5, 5.41) is 0.428. The molecule has 0 bridgehead atoms. The highest BCUT2D eigenvalue weighted by atomic mass is 35.5. The van der Waals surface area contributed by atoms with E-state index >= 15 is 0 Å². The summed E-state index contributed by atoms with van der Waals surface area (Å²) in [6.45, 7) is 0. The number of fused-ring (bicyclic) bond motifs is 1. The number of carbonyl (C=O) groups excluding carboxylic acids is 1. The standard InChI is InChI=1S/C25H30ClNO3/c1-29-25(28)18-10-11-23(22(26)15-18)30-24-19(14-17-7-3-5-9-21(17)24)12-16-6-2-4-8-20(27)13-16/h3,5,7,9-11,15-16,19-20,24H,2,4,6,8,12-14,27H2,1H3. The van der Waals surface area contributed by atoms with Gasteiger partial charge in [0.25, 0.3) is 0 Å². The van der Waals surface area contributed by atoms with Crippen molar-refractivity contribution in [2.75, 3.05) is 7.11 Å². The van der Waals surface area contributed by atoms with Crippen LogP contribution in [0.5, 0.6) is 5.75 Å². The van der Waals surface area contributed by atoms with Gasteiger partial charge in [0.1, 0.15) is 11.9 Å². The number of hydrogen-bond acceptors (Lipinski definition) is 4. The molecular weight excluding hydrogens is 398 g/mol. The van der Waals surface area contributed by atoms with Gasteiger partial charge in [-0.15, -0.1) is 0 Å². The summed E-state index contributed by atoms with van der Waals surface area (Å²) in [7, 11) is 1.36. The molecular formula is C25H30ClNO3. The largest absolute Gasteiger partial charge is 0.484 e. The molecule has 160 valence electrons. The minimum Gasteiger partial charge on any atom is -0.484 e. The number of halogens is 1. The predicted molar refractivity (Wildman–Crippen MR) is 119 cm³/mol. The first kappa shape index (κ1) is 21.2. The molecule has 2 aromatic rings. The first-order chi connectivity index (χ1) is 14.5. The summed E-state index contributed by atoms with van der Waals surface area (Å²) >= 11 is 6.47. The van der Waals surface area contributed by atoms with Crippen molar-refractivity contribution >= 4 is 17.6 Å². The maximum atomic E-state index is 11.8. The minimum atomic E-state index is -0.405. The van der Waals surface area contributed by atoms with Crippen LogP contribution in [0.2, 0.25) is 5.02 Å². The number of hydrogen-bond donors (Lipinski definition) is 1. The molecule has 2 aromatic carbocycles. The first-order valence-electron chi connectivity index (χ1n) is 10.9. The van der Waals surface area contributed by atoms with Gasteiger partial charge in [0.2, 0.25) is 0 Å². The van der Waals surface area contributed by atoms with Gasteiger partial charge in [-0.3, -0.25) is 0 Å². The lowest BCUT2D eigenvalue weighted by molar-refractivity contribution is 0.0600. The molecule has 4 rings (SSSR count). The summed E-state index contributed by atoms with van der Waals surface area (Å²) in [4.78, 5) is 11.8. The van der Waals surface area contributed by atoms with Crippen LogP contribution < -0.4 is 10.5 Å². The van der Waals surface area contributed by atoms with E-state index in [2.05, 4.69) is 24.3 Å². The van der Waals surface area contributed by atoms with Crippen LogP contribution in [0.4, 0.5) is 0 Å². The Morgan fingerprint density at radius 3 is 2.77 bits per heavy atom. The van der Waals surface area contributed by atoms with Crippen LogP contribution >= 0.6 is 11.6 Å². The van der Waals surface area contributed by atoms with Crippen LogP contribution in [0.15, 0.2) is 42.5 Å². The normalized spacial score (nSPS) is 26.0. The second-order valence-corrected chi connectivity index (χ2v) is 9.13. The Labute approximate surface area is 183 Å². The van der Waals surface area contributed by atoms with Gasteiger partial charge in [0.05, 0.1) is 17.7 Å². The molecule has 0 saturated heterocycles. The molecule has 0 amide bonds. The molecule has 2 aliphatic carbocycles. The highest BCUT2D eigenvalue weighted by molar-refractivity contribution is 6.32. The van der Waals surface area contributed by atoms with Crippen LogP contribution in [0.25, 0.3) is 0 Å². The molecule has 4 nitrogen and oxygen atoms in total. The Morgan fingerprint density at radius 1 is 1.17 bits per heavy atom. The van der Waals surface area contributed by atoms with E-state index in [-0.39, 0.29) is 6.10 Å². The van der Waals surface area contributed by atoms with Crippen molar-refractivity contribution in [3.8, 4) is 5.75 Å². The van der Waals surface area contributed by atoms with E-state index in [9.17, 15) is 4.79 Å². The minimum absolute atomic E-state index is 0.0397. The van der Waals surface area contributed by atoms with Crippen LogP contribution in [-0.4, -0.2) is 19.1 Å². The van der Waals surface area contributed by atoms with Crippen molar-refractivity contribution in [1.29, 1.82) is 0 Å². The molecule has 0 aliphatic heterocycles. The van der Waals surface area contributed by atoms with E-state index in [4.69, 9.17) is 26.8 Å². The highest BCUT2D eigenvalue weighted by Crippen LogP contribution is 2.45. The monoisotopic (exact) mass is 427 g/mol. The van der Waals surface area contributed by atoms with Crippen LogP contribution in [0.1, 0.15) is 66.1 Å². The Morgan fingerprint density at radius 2 is 1.97 bits per heavy atom. The first-order valence-corrected chi connectivity index (χ1v) is 11.3. The average Bonchev–Trinajstić information content (AvgIpc) is 2.94. The second-order valence-electron chi connectivity index (χ2n) is 8.72. The smallest absolute Gasteiger partial charge is 0.337 e. The molecule has 2 aliphatic rings. The lowest BCUT2D eigenvalue weighted by Gasteiger charge is -2.27. The van der Waals surface area contributed by atoms with Gasteiger partial charge in [-0.25, -0.2) is 4.79 Å². The van der Waals surface area contributed by atoms with Gasteiger partial charge in [0.15, 0.2) is 0 Å². The summed E-state index contributed by atoms with van der Waals surface area (Å²) < 4.78 is 11.3. The van der Waals surface area contributed by atoms with Gasteiger partial charge in [-0.1, -0.05) is 55.1 Å². The van der Waals surface area contributed by atoms with Gasteiger partial charge < -0.3 is 15.2 Å². The Kier molecular flexibility index (Phi) is 6.64. The number of esters is 1. The third kappa shape index (κ3) is 4.65. The van der Waals surface area contributed by atoms with Gasteiger partial charge in [0, 0.05) is 12.0 Å². The number of carbonyl (C=O) groups is 1. The number of nitrogens with two attached hydrogens (primary N) is 1. The van der Waals surface area contributed by atoms with Crippen molar-refractivity contribution in [2.45, 2.75) is 57.1 Å². The molecule has 0 aromatic heterocycles. The molecule has 30 heavy (non-hydrogen) atoms. The van der Waals surface area contributed by atoms with E-state index in [0.29, 0.717) is 34.2 Å². The summed E-state index contributed by atoms with van der Waals surface area (Å²) in [5.41, 5.74) is 9.35. The maximum Gasteiger partial charge on any atom is 0.337 e. The molecule has 5 heteroatoms. The Bertz CT molecular complexity index is 900. The molecule has 0 heterocycles. The van der Waals surface area contributed by atoms with Crippen molar-refractivity contribution in [1.82, 2.24) is 0 Å². The Balaban J connectivity index is 1.56. The summed E-state index contributed by atoms with van der Waals surface area (Å²) in [6.07, 6.45) is 8.10. The molecule has 1 saturated carbocycles. The Hall–Kier alpha value is -2.04. The van der Waals surface area contributed by atoms with Crippen LogP contribution in [0, 0.1) is 11.8 Å². The lowest BCUT2D eigenvalue weighted by Crippen LogP contribution is -2.24. The summed E-state index contributed by atoms with van der Waals surface area (Å²) in [6, 6.07) is 13.9. The number of rotatable bonds is 5. The lowest BCUT2D eigenvalue weighted by atomic mass is 9.85. The van der Waals surface area contributed by atoms with E-state index in [1.807, 2.05) is 0 Å². The number of benzene rings is 2. The fraction of sp³-hybridized carbons (Fsp3) is 0.480. The van der Waals surface area contributed by atoms with E-state index in [0.717, 1.165) is 25.7 Å². The third-order valence-electron chi connectivity index (χ3n) is 6.59. The molecule has 2 N–H and O–H groups in total. The molecule has 0 spiro atoms. The maximum absolute atomic E-state index is 11.8. The highest BCUT2D eigenvalue weighted by Gasteiger charge is 2.36. The average molecular weight is 428 g/mol. The number of ether oxygens (including phenoxy) is 2.